The molecule has 0 spiro atoms. The second-order valence-electron chi connectivity index (χ2n) is 4.62. The topological polar surface area (TPSA) is 80.6 Å². The third-order valence-electron chi connectivity index (χ3n) is 3.16. The number of hydrogen-bond acceptors (Lipinski definition) is 3. The van der Waals surface area contributed by atoms with Gasteiger partial charge in [0.05, 0.1) is 6.10 Å². The van der Waals surface area contributed by atoms with E-state index in [0.717, 1.165) is 25.9 Å². The highest BCUT2D eigenvalue weighted by molar-refractivity contribution is 5.86. The van der Waals surface area contributed by atoms with Crippen molar-refractivity contribution in [2.75, 3.05) is 13.2 Å². The zero-order valence-corrected chi connectivity index (χ0v) is 10.7. The largest absolute Gasteiger partial charge is 0.477 e. The molecule has 6 heteroatoms. The maximum Gasteiger partial charge on any atom is 0.352 e. The van der Waals surface area contributed by atoms with E-state index in [1.807, 2.05) is 0 Å². The molecule has 19 heavy (non-hydrogen) atoms. The second kappa shape index (κ2) is 6.38. The minimum atomic E-state index is -1.03. The van der Waals surface area contributed by atoms with Crippen LogP contribution < -0.4 is 5.32 Å². The summed E-state index contributed by atoms with van der Waals surface area (Å²) in [4.78, 5) is 22.6. The van der Waals surface area contributed by atoms with E-state index in [2.05, 4.69) is 5.32 Å². The van der Waals surface area contributed by atoms with Crippen molar-refractivity contribution in [3.05, 3.63) is 24.0 Å². The van der Waals surface area contributed by atoms with Crippen LogP contribution in [0.3, 0.4) is 0 Å². The molecule has 6 nitrogen and oxygen atoms in total. The van der Waals surface area contributed by atoms with Crippen LogP contribution in [-0.4, -0.2) is 40.8 Å². The summed E-state index contributed by atoms with van der Waals surface area (Å²) in [5.41, 5.74) is 0.115. The number of ether oxygens (including phenoxy) is 1. The molecule has 2 N–H and O–H groups in total. The van der Waals surface area contributed by atoms with E-state index in [0.29, 0.717) is 6.54 Å². The molecule has 2 heterocycles. The minimum absolute atomic E-state index is 0.0152. The van der Waals surface area contributed by atoms with E-state index < -0.39 is 5.97 Å². The average molecular weight is 266 g/mol. The molecule has 1 fully saturated rings. The Labute approximate surface area is 111 Å². The van der Waals surface area contributed by atoms with Gasteiger partial charge in [-0.05, 0) is 31.4 Å². The van der Waals surface area contributed by atoms with Crippen molar-refractivity contribution < 1.29 is 19.4 Å². The molecule has 0 aromatic carbocycles. The highest BCUT2D eigenvalue weighted by Crippen LogP contribution is 2.11. The number of rotatable bonds is 5. The van der Waals surface area contributed by atoms with Gasteiger partial charge in [-0.2, -0.15) is 0 Å². The van der Waals surface area contributed by atoms with Crippen LogP contribution in [-0.2, 0) is 16.1 Å². The molecule has 1 amide bonds. The summed E-state index contributed by atoms with van der Waals surface area (Å²) in [6.45, 7) is 1.26. The number of aromatic carboxylic acids is 1. The lowest BCUT2D eigenvalue weighted by Gasteiger charge is -2.22. The van der Waals surface area contributed by atoms with Crippen molar-refractivity contribution in [1.82, 2.24) is 9.88 Å². The summed E-state index contributed by atoms with van der Waals surface area (Å²) in [6, 6.07) is 3.08. The normalized spacial score (nSPS) is 19.1. The Morgan fingerprint density at radius 1 is 1.47 bits per heavy atom. The van der Waals surface area contributed by atoms with Gasteiger partial charge in [-0.15, -0.1) is 0 Å². The van der Waals surface area contributed by atoms with Gasteiger partial charge in [0.2, 0.25) is 5.91 Å². The van der Waals surface area contributed by atoms with Gasteiger partial charge in [-0.25, -0.2) is 4.79 Å². The van der Waals surface area contributed by atoms with Crippen LogP contribution in [0.15, 0.2) is 18.3 Å². The maximum absolute atomic E-state index is 11.7. The van der Waals surface area contributed by atoms with Gasteiger partial charge in [-0.1, -0.05) is 0 Å². The number of nitrogens with zero attached hydrogens (tertiary/aromatic N) is 1. The number of carbonyl (C=O) groups excluding carboxylic acids is 1. The lowest BCUT2D eigenvalue weighted by molar-refractivity contribution is -0.122. The summed E-state index contributed by atoms with van der Waals surface area (Å²) >= 11 is 0. The lowest BCUT2D eigenvalue weighted by atomic mass is 10.1. The van der Waals surface area contributed by atoms with Gasteiger partial charge in [-0.3, -0.25) is 4.79 Å². The number of carbonyl (C=O) groups is 2. The first kappa shape index (κ1) is 13.6. The van der Waals surface area contributed by atoms with Gasteiger partial charge < -0.3 is 19.7 Å². The van der Waals surface area contributed by atoms with E-state index in [-0.39, 0.29) is 24.2 Å². The number of carboxylic acid groups (broad SMARTS) is 1. The summed E-state index contributed by atoms with van der Waals surface area (Å²) < 4.78 is 6.93. The minimum Gasteiger partial charge on any atom is -0.477 e. The number of aromatic nitrogens is 1. The molecule has 104 valence electrons. The summed E-state index contributed by atoms with van der Waals surface area (Å²) in [6.07, 6.45) is 4.84. The van der Waals surface area contributed by atoms with E-state index in [1.54, 1.807) is 12.3 Å². The fourth-order valence-electron chi connectivity index (χ4n) is 2.15. The summed E-state index contributed by atoms with van der Waals surface area (Å²) in [5.74, 6) is -1.23. The van der Waals surface area contributed by atoms with Crippen molar-refractivity contribution in [1.29, 1.82) is 0 Å². The summed E-state index contributed by atoms with van der Waals surface area (Å²) in [7, 11) is 0. The molecule has 0 bridgehead atoms. The van der Waals surface area contributed by atoms with Crippen molar-refractivity contribution in [2.45, 2.75) is 31.9 Å². The molecule has 1 aliphatic heterocycles. The molecular weight excluding hydrogens is 248 g/mol. The van der Waals surface area contributed by atoms with Gasteiger partial charge >= 0.3 is 5.97 Å². The predicted molar refractivity (Wildman–Crippen MR) is 68.0 cm³/mol. The number of amides is 1. The van der Waals surface area contributed by atoms with Crippen LogP contribution in [0.4, 0.5) is 0 Å². The molecule has 1 aliphatic rings. The van der Waals surface area contributed by atoms with Crippen LogP contribution in [0, 0.1) is 0 Å². The van der Waals surface area contributed by atoms with Crippen LogP contribution in [0.1, 0.15) is 29.8 Å². The molecular formula is C13H18N2O4. The van der Waals surface area contributed by atoms with Gasteiger partial charge in [0.15, 0.2) is 0 Å². The third-order valence-corrected chi connectivity index (χ3v) is 3.16. The average Bonchev–Trinajstić information content (AvgIpc) is 2.86. The predicted octanol–water partition coefficient (Wildman–Crippen LogP) is 0.872. The van der Waals surface area contributed by atoms with Gasteiger partial charge in [0.1, 0.15) is 12.2 Å². The van der Waals surface area contributed by atoms with E-state index in [9.17, 15) is 9.59 Å². The first-order valence-electron chi connectivity index (χ1n) is 6.43. The fourth-order valence-corrected chi connectivity index (χ4v) is 2.15. The Morgan fingerprint density at radius 2 is 2.32 bits per heavy atom. The molecule has 0 radical (unpaired) electrons. The SMILES string of the molecule is O=C(Cn1cccc1C(=O)O)NCC1CCCCO1. The Bertz CT molecular complexity index is 449. The van der Waals surface area contributed by atoms with E-state index in [4.69, 9.17) is 9.84 Å². The Hall–Kier alpha value is -1.82. The highest BCUT2D eigenvalue weighted by Gasteiger charge is 2.16. The molecule has 1 atom stereocenters. The quantitative estimate of drug-likeness (QED) is 0.828. The number of nitrogens with one attached hydrogen (secondary N) is 1. The first-order chi connectivity index (χ1) is 9.16. The van der Waals surface area contributed by atoms with E-state index in [1.165, 1.54) is 10.6 Å². The maximum atomic E-state index is 11.7. The van der Waals surface area contributed by atoms with Crippen LogP contribution in [0.5, 0.6) is 0 Å². The smallest absolute Gasteiger partial charge is 0.352 e. The molecule has 1 aromatic heterocycles. The standard InChI is InChI=1S/C13H18N2O4/c16-12(14-8-10-4-1-2-7-19-10)9-15-6-3-5-11(15)13(17)18/h3,5-6,10H,1-2,4,7-9H2,(H,14,16)(H,17,18). The Kier molecular flexibility index (Phi) is 4.57. The fraction of sp³-hybridized carbons (Fsp3) is 0.538. The number of carboxylic acids is 1. The molecule has 1 unspecified atom stereocenters. The summed E-state index contributed by atoms with van der Waals surface area (Å²) in [5, 5.41) is 11.7. The highest BCUT2D eigenvalue weighted by atomic mass is 16.5. The number of hydrogen-bond donors (Lipinski definition) is 2. The van der Waals surface area contributed by atoms with Crippen molar-refractivity contribution in [3.8, 4) is 0 Å². The molecule has 1 aromatic rings. The third kappa shape index (κ3) is 3.82. The van der Waals surface area contributed by atoms with Crippen LogP contribution in [0.25, 0.3) is 0 Å². The molecule has 0 aliphatic carbocycles. The zero-order chi connectivity index (χ0) is 13.7. The van der Waals surface area contributed by atoms with Crippen molar-refractivity contribution in [2.24, 2.45) is 0 Å². The van der Waals surface area contributed by atoms with Gasteiger partial charge in [0.25, 0.3) is 0 Å². The molecule has 1 saturated heterocycles. The second-order valence-corrected chi connectivity index (χ2v) is 4.62. The van der Waals surface area contributed by atoms with Crippen LogP contribution in [0.2, 0.25) is 0 Å². The van der Waals surface area contributed by atoms with Crippen LogP contribution >= 0.6 is 0 Å². The zero-order valence-electron chi connectivity index (χ0n) is 10.7. The first-order valence-corrected chi connectivity index (χ1v) is 6.43. The molecule has 0 saturated carbocycles. The Morgan fingerprint density at radius 3 is 3.00 bits per heavy atom. The molecule has 2 rings (SSSR count). The Balaban J connectivity index is 1.80. The van der Waals surface area contributed by atoms with Crippen molar-refractivity contribution >= 4 is 11.9 Å². The lowest BCUT2D eigenvalue weighted by Crippen LogP contribution is -2.37. The van der Waals surface area contributed by atoms with Gasteiger partial charge in [0, 0.05) is 19.3 Å². The van der Waals surface area contributed by atoms with Crippen molar-refractivity contribution in [3.63, 3.8) is 0 Å². The van der Waals surface area contributed by atoms with E-state index >= 15 is 0 Å². The monoisotopic (exact) mass is 266 g/mol.